The van der Waals surface area contributed by atoms with Gasteiger partial charge >= 0.3 is 0 Å². The van der Waals surface area contributed by atoms with E-state index in [0.29, 0.717) is 17.6 Å². The molecule has 0 aliphatic heterocycles. The van der Waals surface area contributed by atoms with Gasteiger partial charge < -0.3 is 5.32 Å². The lowest BCUT2D eigenvalue weighted by Crippen LogP contribution is -2.43. The summed E-state index contributed by atoms with van der Waals surface area (Å²) in [6, 6.07) is 3.92. The molecule has 0 heterocycles. The van der Waals surface area contributed by atoms with Crippen LogP contribution in [0.25, 0.3) is 0 Å². The second-order valence-electron chi connectivity index (χ2n) is 5.70. The van der Waals surface area contributed by atoms with Gasteiger partial charge in [0.25, 0.3) is 5.69 Å². The third-order valence-electron chi connectivity index (χ3n) is 4.51. The van der Waals surface area contributed by atoms with E-state index in [9.17, 15) is 10.1 Å². The predicted molar refractivity (Wildman–Crippen MR) is 75.3 cm³/mol. The van der Waals surface area contributed by atoms with Gasteiger partial charge in [-0.2, -0.15) is 0 Å². The van der Waals surface area contributed by atoms with Crippen molar-refractivity contribution >= 4 is 11.4 Å². The summed E-state index contributed by atoms with van der Waals surface area (Å²) >= 11 is 0. The molecular weight excluding hydrogens is 240 g/mol. The molecular formula is C15H18N2O2. The van der Waals surface area contributed by atoms with Gasteiger partial charge in [-0.15, -0.1) is 0 Å². The van der Waals surface area contributed by atoms with E-state index in [1.54, 1.807) is 6.07 Å². The quantitative estimate of drug-likeness (QED) is 0.512. The highest BCUT2D eigenvalue weighted by Crippen LogP contribution is 2.45. The number of hydrogen-bond donors (Lipinski definition) is 1. The Balaban J connectivity index is 1.85. The normalized spacial score (nSPS) is 27.8. The van der Waals surface area contributed by atoms with Crippen molar-refractivity contribution in [2.24, 2.45) is 11.8 Å². The van der Waals surface area contributed by atoms with Crippen molar-refractivity contribution in [3.05, 3.63) is 45.5 Å². The van der Waals surface area contributed by atoms with Gasteiger partial charge in [-0.05, 0) is 49.8 Å². The van der Waals surface area contributed by atoms with Gasteiger partial charge in [-0.1, -0.05) is 12.2 Å². The van der Waals surface area contributed by atoms with Crippen LogP contribution in [0.4, 0.5) is 11.4 Å². The number of hydrogen-bond acceptors (Lipinski definition) is 3. The fraction of sp³-hybridized carbons (Fsp3) is 0.467. The number of anilines is 1. The second kappa shape index (κ2) is 4.37. The summed E-state index contributed by atoms with van der Waals surface area (Å²) in [6.07, 6.45) is 6.75. The van der Waals surface area contributed by atoms with E-state index in [2.05, 4.69) is 17.5 Å². The minimum atomic E-state index is -0.296. The predicted octanol–water partition coefficient (Wildman–Crippen LogP) is 3.59. The molecule has 19 heavy (non-hydrogen) atoms. The minimum absolute atomic E-state index is 0.188. The number of aryl methyl sites for hydroxylation is 2. The zero-order valence-electron chi connectivity index (χ0n) is 11.2. The van der Waals surface area contributed by atoms with Gasteiger partial charge in [0, 0.05) is 18.0 Å². The first kappa shape index (κ1) is 12.2. The van der Waals surface area contributed by atoms with Gasteiger partial charge in [0.2, 0.25) is 0 Å². The van der Waals surface area contributed by atoms with Crippen LogP contribution in [-0.4, -0.2) is 11.0 Å². The zero-order valence-corrected chi connectivity index (χ0v) is 11.2. The molecule has 0 saturated heterocycles. The van der Waals surface area contributed by atoms with Gasteiger partial charge in [0.15, 0.2) is 0 Å². The highest BCUT2D eigenvalue weighted by molar-refractivity contribution is 5.65. The summed E-state index contributed by atoms with van der Waals surface area (Å²) < 4.78 is 0. The Morgan fingerprint density at radius 3 is 2.74 bits per heavy atom. The van der Waals surface area contributed by atoms with Gasteiger partial charge in [0.05, 0.1) is 4.92 Å². The monoisotopic (exact) mass is 258 g/mol. The Kier molecular flexibility index (Phi) is 2.81. The van der Waals surface area contributed by atoms with Crippen LogP contribution in [0.2, 0.25) is 0 Å². The first-order chi connectivity index (χ1) is 9.06. The van der Waals surface area contributed by atoms with Crippen molar-refractivity contribution in [2.45, 2.75) is 32.7 Å². The van der Waals surface area contributed by atoms with Crippen molar-refractivity contribution in [2.75, 3.05) is 5.32 Å². The molecule has 0 bridgehead atoms. The third kappa shape index (κ3) is 2.01. The number of nitro groups is 1. The van der Waals surface area contributed by atoms with E-state index in [1.165, 1.54) is 0 Å². The standard InChI is InChI=1S/C15H18N2O2/c1-9-6-14(15(17(18)19)7-10(9)2)16-13-8-11-4-3-5-12(11)13/h3,5-7,11-13,16H,4,8H2,1-2H3. The molecule has 0 amide bonds. The lowest BCUT2D eigenvalue weighted by atomic mass is 9.71. The summed E-state index contributed by atoms with van der Waals surface area (Å²) in [5.74, 6) is 1.31. The molecule has 3 atom stereocenters. The molecule has 4 nitrogen and oxygen atoms in total. The molecule has 3 unspecified atom stereocenters. The van der Waals surface area contributed by atoms with E-state index in [0.717, 1.165) is 29.9 Å². The molecule has 2 aliphatic rings. The van der Waals surface area contributed by atoms with Crippen LogP contribution in [-0.2, 0) is 0 Å². The molecule has 1 aromatic carbocycles. The summed E-state index contributed by atoms with van der Waals surface area (Å²) in [5, 5.41) is 14.5. The van der Waals surface area contributed by atoms with Crippen LogP contribution < -0.4 is 5.32 Å². The number of nitrogens with zero attached hydrogens (tertiary/aromatic N) is 1. The Labute approximate surface area is 112 Å². The minimum Gasteiger partial charge on any atom is -0.376 e. The van der Waals surface area contributed by atoms with Crippen molar-refractivity contribution < 1.29 is 4.92 Å². The van der Waals surface area contributed by atoms with Crippen LogP contribution in [0, 0.1) is 35.8 Å². The molecule has 1 fully saturated rings. The average Bonchev–Trinajstić information content (AvgIpc) is 2.71. The van der Waals surface area contributed by atoms with Crippen molar-refractivity contribution in [1.29, 1.82) is 0 Å². The zero-order chi connectivity index (χ0) is 13.6. The largest absolute Gasteiger partial charge is 0.376 e. The van der Waals surface area contributed by atoms with Gasteiger partial charge in [-0.3, -0.25) is 10.1 Å². The Morgan fingerprint density at radius 1 is 1.32 bits per heavy atom. The van der Waals surface area contributed by atoms with Gasteiger partial charge in [0.1, 0.15) is 5.69 Å². The molecule has 1 aromatic rings. The van der Waals surface area contributed by atoms with E-state index in [-0.39, 0.29) is 10.6 Å². The number of rotatable bonds is 3. The Hall–Kier alpha value is -1.84. The van der Waals surface area contributed by atoms with E-state index < -0.39 is 0 Å². The number of allylic oxidation sites excluding steroid dienone is 1. The number of benzene rings is 1. The smallest absolute Gasteiger partial charge is 0.292 e. The molecule has 0 radical (unpaired) electrons. The van der Waals surface area contributed by atoms with Gasteiger partial charge in [-0.25, -0.2) is 0 Å². The molecule has 0 aromatic heterocycles. The molecule has 3 rings (SSSR count). The highest BCUT2D eigenvalue weighted by atomic mass is 16.6. The van der Waals surface area contributed by atoms with Crippen molar-refractivity contribution in [3.63, 3.8) is 0 Å². The first-order valence-corrected chi connectivity index (χ1v) is 6.75. The van der Waals surface area contributed by atoms with Crippen LogP contribution in [0.3, 0.4) is 0 Å². The summed E-state index contributed by atoms with van der Waals surface area (Å²) in [6.45, 7) is 3.90. The van der Waals surface area contributed by atoms with E-state index in [4.69, 9.17) is 0 Å². The lowest BCUT2D eigenvalue weighted by Gasteiger charge is -2.41. The molecule has 1 saturated carbocycles. The molecule has 4 heteroatoms. The number of nitrogens with one attached hydrogen (secondary N) is 1. The van der Waals surface area contributed by atoms with Crippen LogP contribution >= 0.6 is 0 Å². The van der Waals surface area contributed by atoms with Crippen LogP contribution in [0.15, 0.2) is 24.3 Å². The molecule has 2 aliphatic carbocycles. The average molecular weight is 258 g/mol. The molecule has 0 spiro atoms. The van der Waals surface area contributed by atoms with Crippen LogP contribution in [0.5, 0.6) is 0 Å². The summed E-state index contributed by atoms with van der Waals surface area (Å²) in [7, 11) is 0. The second-order valence-corrected chi connectivity index (χ2v) is 5.70. The maximum absolute atomic E-state index is 11.2. The van der Waals surface area contributed by atoms with Crippen LogP contribution in [0.1, 0.15) is 24.0 Å². The Morgan fingerprint density at radius 2 is 2.05 bits per heavy atom. The maximum Gasteiger partial charge on any atom is 0.292 e. The lowest BCUT2D eigenvalue weighted by molar-refractivity contribution is -0.384. The summed E-state index contributed by atoms with van der Waals surface area (Å²) in [4.78, 5) is 10.9. The number of fused-ring (bicyclic) bond motifs is 1. The first-order valence-electron chi connectivity index (χ1n) is 6.75. The molecule has 100 valence electrons. The maximum atomic E-state index is 11.2. The fourth-order valence-electron chi connectivity index (χ4n) is 3.15. The number of nitro benzene ring substituents is 1. The fourth-order valence-corrected chi connectivity index (χ4v) is 3.15. The SMILES string of the molecule is Cc1cc(NC2CC3CC=CC32)c([N+](=O)[O-])cc1C. The molecule has 1 N–H and O–H groups in total. The topological polar surface area (TPSA) is 55.2 Å². The summed E-state index contributed by atoms with van der Waals surface area (Å²) in [5.41, 5.74) is 2.90. The Bertz CT molecular complexity index is 566. The van der Waals surface area contributed by atoms with E-state index >= 15 is 0 Å². The third-order valence-corrected chi connectivity index (χ3v) is 4.51. The van der Waals surface area contributed by atoms with Crippen molar-refractivity contribution in [1.82, 2.24) is 0 Å². The van der Waals surface area contributed by atoms with Crippen molar-refractivity contribution in [3.8, 4) is 0 Å². The van der Waals surface area contributed by atoms with E-state index in [1.807, 2.05) is 19.9 Å². The highest BCUT2D eigenvalue weighted by Gasteiger charge is 2.41.